The van der Waals surface area contributed by atoms with Gasteiger partial charge in [0.2, 0.25) is 0 Å². The average Bonchev–Trinajstić information content (AvgIpc) is 2.50. The Balaban J connectivity index is 2.95. The lowest BCUT2D eigenvalue weighted by Gasteiger charge is -2.03. The Morgan fingerprint density at radius 2 is 0.955 bits per heavy atom. The van der Waals surface area contributed by atoms with Crippen LogP contribution in [-0.4, -0.2) is 12.0 Å². The predicted octanol–water partition coefficient (Wildman–Crippen LogP) is 7.62. The zero-order chi connectivity index (χ0) is 16.3. The van der Waals surface area contributed by atoms with Crippen molar-refractivity contribution < 1.29 is 9.53 Å². The number of ether oxygens (including phenoxy) is 1. The van der Waals surface area contributed by atoms with E-state index >= 15 is 0 Å². The fraction of sp³-hybridized carbons (Fsp3) is 0.947. The molecule has 3 heteroatoms. The minimum Gasteiger partial charge on any atom is -0.454 e. The van der Waals surface area contributed by atoms with Gasteiger partial charge in [-0.1, -0.05) is 103 Å². The fourth-order valence-corrected chi connectivity index (χ4v) is 2.88. The number of carbonyl (C=O) groups is 1. The smallest absolute Gasteiger partial charge is 0.403 e. The summed E-state index contributed by atoms with van der Waals surface area (Å²) in [4.78, 5) is 10.3. The highest BCUT2D eigenvalue weighted by Crippen LogP contribution is 2.13. The van der Waals surface area contributed by atoms with E-state index in [1.165, 1.54) is 89.9 Å². The van der Waals surface area contributed by atoms with E-state index in [0.29, 0.717) is 6.61 Å². The number of hydrogen-bond donors (Lipinski definition) is 0. The van der Waals surface area contributed by atoms with Crippen LogP contribution < -0.4 is 0 Å². The zero-order valence-electron chi connectivity index (χ0n) is 14.7. The van der Waals surface area contributed by atoms with Crippen LogP contribution in [0.5, 0.6) is 0 Å². The van der Waals surface area contributed by atoms with Crippen molar-refractivity contribution >= 4 is 17.0 Å². The van der Waals surface area contributed by atoms with Crippen LogP contribution in [0.3, 0.4) is 0 Å². The minimum atomic E-state index is -0.680. The number of hydrogen-bond acceptors (Lipinski definition) is 2. The Kier molecular flexibility index (Phi) is 18.6. The highest BCUT2D eigenvalue weighted by Gasteiger charge is 1.96. The quantitative estimate of drug-likeness (QED) is 0.202. The lowest BCUT2D eigenvalue weighted by molar-refractivity contribution is 0.170. The molecule has 22 heavy (non-hydrogen) atoms. The molecular formula is C19H37ClO2. The van der Waals surface area contributed by atoms with Crippen LogP contribution in [0, 0.1) is 0 Å². The second-order valence-electron chi connectivity index (χ2n) is 6.39. The van der Waals surface area contributed by atoms with Crippen molar-refractivity contribution in [3.8, 4) is 0 Å². The molecule has 0 fully saturated rings. The predicted molar refractivity (Wildman–Crippen MR) is 96.7 cm³/mol. The summed E-state index contributed by atoms with van der Waals surface area (Å²) in [6.45, 7) is 2.75. The molecule has 0 heterocycles. The molecule has 0 aromatic rings. The second-order valence-corrected chi connectivity index (χ2v) is 6.70. The summed E-state index contributed by atoms with van der Waals surface area (Å²) in [5.74, 6) is 0. The fourth-order valence-electron chi connectivity index (χ4n) is 2.80. The molecule has 0 aliphatic carbocycles. The molecule has 0 aliphatic rings. The summed E-state index contributed by atoms with van der Waals surface area (Å²) >= 11 is 5.09. The first kappa shape index (κ1) is 21.8. The first-order valence-corrected chi connectivity index (χ1v) is 9.97. The molecule has 0 radical (unpaired) electrons. The van der Waals surface area contributed by atoms with E-state index in [9.17, 15) is 4.79 Å². The summed E-state index contributed by atoms with van der Waals surface area (Å²) < 4.78 is 4.69. The number of halogens is 1. The third kappa shape index (κ3) is 19.8. The lowest BCUT2D eigenvalue weighted by atomic mass is 10.0. The van der Waals surface area contributed by atoms with Gasteiger partial charge in [0.1, 0.15) is 0 Å². The molecule has 0 saturated carbocycles. The summed E-state index contributed by atoms with van der Waals surface area (Å²) in [6.07, 6.45) is 21.6. The van der Waals surface area contributed by atoms with Crippen molar-refractivity contribution in [2.24, 2.45) is 0 Å². The summed E-state index contributed by atoms with van der Waals surface area (Å²) in [5.41, 5.74) is -0.680. The van der Waals surface area contributed by atoms with Gasteiger partial charge < -0.3 is 4.74 Å². The maximum Gasteiger partial charge on any atom is 0.403 e. The van der Waals surface area contributed by atoms with Crippen LogP contribution in [0.15, 0.2) is 0 Å². The van der Waals surface area contributed by atoms with E-state index in [2.05, 4.69) is 11.7 Å². The van der Waals surface area contributed by atoms with Gasteiger partial charge >= 0.3 is 5.43 Å². The topological polar surface area (TPSA) is 26.3 Å². The molecule has 0 spiro atoms. The lowest BCUT2D eigenvalue weighted by Crippen LogP contribution is -1.96. The van der Waals surface area contributed by atoms with E-state index in [0.717, 1.165) is 12.8 Å². The van der Waals surface area contributed by atoms with Crippen molar-refractivity contribution in [1.29, 1.82) is 0 Å². The first-order chi connectivity index (χ1) is 10.8. The van der Waals surface area contributed by atoms with Gasteiger partial charge in [-0.05, 0) is 6.42 Å². The van der Waals surface area contributed by atoms with Gasteiger partial charge in [0.25, 0.3) is 0 Å². The molecule has 132 valence electrons. The van der Waals surface area contributed by atoms with Gasteiger partial charge in [0.15, 0.2) is 0 Å². The second kappa shape index (κ2) is 18.8. The van der Waals surface area contributed by atoms with Crippen LogP contribution in [0.1, 0.15) is 110 Å². The van der Waals surface area contributed by atoms with E-state index in [1.807, 2.05) is 0 Å². The Morgan fingerprint density at radius 1 is 0.636 bits per heavy atom. The van der Waals surface area contributed by atoms with Crippen molar-refractivity contribution in [1.82, 2.24) is 0 Å². The molecule has 0 aliphatic heterocycles. The highest BCUT2D eigenvalue weighted by atomic mass is 35.5. The molecular weight excluding hydrogens is 296 g/mol. The SMILES string of the molecule is CCCCCCCCCCCCCCCCCCOC(=O)Cl. The summed E-state index contributed by atoms with van der Waals surface area (Å²) in [5, 5.41) is 0. The monoisotopic (exact) mass is 332 g/mol. The van der Waals surface area contributed by atoms with Crippen molar-refractivity contribution in [3.63, 3.8) is 0 Å². The number of carbonyl (C=O) groups excluding carboxylic acids is 1. The summed E-state index contributed by atoms with van der Waals surface area (Å²) in [6, 6.07) is 0. The maximum atomic E-state index is 10.3. The van der Waals surface area contributed by atoms with Gasteiger partial charge in [-0.15, -0.1) is 0 Å². The van der Waals surface area contributed by atoms with Gasteiger partial charge in [-0.3, -0.25) is 0 Å². The largest absolute Gasteiger partial charge is 0.454 e. The van der Waals surface area contributed by atoms with Crippen LogP contribution in [0.4, 0.5) is 4.79 Å². The number of unbranched alkanes of at least 4 members (excludes halogenated alkanes) is 15. The van der Waals surface area contributed by atoms with E-state index in [-0.39, 0.29) is 0 Å². The molecule has 2 nitrogen and oxygen atoms in total. The van der Waals surface area contributed by atoms with E-state index in [1.54, 1.807) is 0 Å². The molecule has 0 aromatic carbocycles. The minimum absolute atomic E-state index is 0.473. The molecule has 0 aromatic heterocycles. The standard InChI is InChI=1S/C19H37ClO2/c1-2-3-4-5-6-7-8-9-10-11-12-13-14-15-16-17-18-22-19(20)21/h2-18H2,1H3. The van der Waals surface area contributed by atoms with Crippen LogP contribution in [0.2, 0.25) is 0 Å². The maximum absolute atomic E-state index is 10.3. The Morgan fingerprint density at radius 3 is 1.27 bits per heavy atom. The summed E-state index contributed by atoms with van der Waals surface area (Å²) in [7, 11) is 0. The average molecular weight is 333 g/mol. The van der Waals surface area contributed by atoms with Crippen LogP contribution >= 0.6 is 11.6 Å². The van der Waals surface area contributed by atoms with Gasteiger partial charge in [-0.25, -0.2) is 4.79 Å². The highest BCUT2D eigenvalue weighted by molar-refractivity contribution is 6.61. The van der Waals surface area contributed by atoms with Gasteiger partial charge in [0, 0.05) is 11.6 Å². The van der Waals surface area contributed by atoms with Crippen LogP contribution in [0.25, 0.3) is 0 Å². The van der Waals surface area contributed by atoms with Crippen molar-refractivity contribution in [3.05, 3.63) is 0 Å². The number of rotatable bonds is 17. The molecule has 0 atom stereocenters. The van der Waals surface area contributed by atoms with E-state index in [4.69, 9.17) is 11.6 Å². The Bertz CT molecular complexity index is 231. The van der Waals surface area contributed by atoms with Gasteiger partial charge in [0.05, 0.1) is 6.61 Å². The zero-order valence-corrected chi connectivity index (χ0v) is 15.5. The third-order valence-corrected chi connectivity index (χ3v) is 4.32. The molecule has 0 N–H and O–H groups in total. The van der Waals surface area contributed by atoms with Crippen LogP contribution in [-0.2, 0) is 4.74 Å². The Labute approximate surface area is 143 Å². The normalized spacial score (nSPS) is 10.8. The molecule has 0 amide bonds. The van der Waals surface area contributed by atoms with Crippen molar-refractivity contribution in [2.45, 2.75) is 110 Å². The van der Waals surface area contributed by atoms with E-state index < -0.39 is 5.43 Å². The molecule has 0 unspecified atom stereocenters. The molecule has 0 bridgehead atoms. The van der Waals surface area contributed by atoms with Crippen molar-refractivity contribution in [2.75, 3.05) is 6.61 Å². The third-order valence-electron chi connectivity index (χ3n) is 4.21. The first-order valence-electron chi connectivity index (χ1n) is 9.59. The van der Waals surface area contributed by atoms with Gasteiger partial charge in [-0.2, -0.15) is 0 Å². The Hall–Kier alpha value is -0.240. The molecule has 0 rings (SSSR count). The molecule has 0 saturated heterocycles.